The largest absolute Gasteiger partial charge is 1.00 e. The van der Waals surface area contributed by atoms with Crippen LogP contribution in [0.3, 0.4) is 0 Å². The Morgan fingerprint density at radius 1 is 1.56 bits per heavy atom. The van der Waals surface area contributed by atoms with Crippen LogP contribution >= 0.6 is 12.2 Å². The molecule has 0 amide bonds. The van der Waals surface area contributed by atoms with Gasteiger partial charge in [-0.2, -0.15) is 0 Å². The van der Waals surface area contributed by atoms with Crippen LogP contribution in [0.15, 0.2) is 6.07 Å². The van der Waals surface area contributed by atoms with Gasteiger partial charge in [0.2, 0.25) is 0 Å². The second kappa shape index (κ2) is 7.20. The number of carbonyl (C=O) groups excluding carboxylic acids is 1. The molecule has 0 aromatic carbocycles. The summed E-state index contributed by atoms with van der Waals surface area (Å²) in [6.45, 7) is 2.80. The normalized spacial score (nSPS) is 15.0. The summed E-state index contributed by atoms with van der Waals surface area (Å²) in [6.07, 6.45) is -0.262. The smallest absolute Gasteiger partial charge is 0.550 e. The second-order valence-electron chi connectivity index (χ2n) is 3.70. The van der Waals surface area contributed by atoms with Gasteiger partial charge in [-0.15, -0.1) is 0 Å². The van der Waals surface area contributed by atoms with E-state index in [4.69, 9.17) is 17.0 Å². The SMILES string of the molecule is O=C([O-])Cc1nc(=S)cc(N2CCOCC2)[nH]1.[Na+]. The van der Waals surface area contributed by atoms with Gasteiger partial charge in [0.1, 0.15) is 16.3 Å². The van der Waals surface area contributed by atoms with Crippen molar-refractivity contribution in [2.45, 2.75) is 6.42 Å². The van der Waals surface area contributed by atoms with E-state index in [9.17, 15) is 9.90 Å². The van der Waals surface area contributed by atoms with Crippen molar-refractivity contribution in [2.24, 2.45) is 0 Å². The minimum atomic E-state index is -1.18. The van der Waals surface area contributed by atoms with Crippen LogP contribution in [0.25, 0.3) is 0 Å². The summed E-state index contributed by atoms with van der Waals surface area (Å²) in [5, 5.41) is 10.5. The van der Waals surface area contributed by atoms with Crippen LogP contribution in [0, 0.1) is 4.64 Å². The number of carboxylic acids is 1. The Hall–Kier alpha value is -0.470. The molecule has 0 saturated carbocycles. The Balaban J connectivity index is 0.00000162. The molecule has 2 heterocycles. The van der Waals surface area contributed by atoms with E-state index in [1.54, 1.807) is 6.07 Å². The molecule has 1 fully saturated rings. The zero-order valence-corrected chi connectivity index (χ0v) is 13.0. The molecule has 1 aliphatic rings. The molecule has 1 saturated heterocycles. The van der Waals surface area contributed by atoms with Gasteiger partial charge in [-0.1, -0.05) is 12.2 Å². The third kappa shape index (κ3) is 4.33. The Kier molecular flexibility index (Phi) is 6.24. The van der Waals surface area contributed by atoms with Gasteiger partial charge < -0.3 is 24.5 Å². The van der Waals surface area contributed by atoms with Gasteiger partial charge in [0, 0.05) is 31.5 Å². The van der Waals surface area contributed by atoms with E-state index in [1.165, 1.54) is 0 Å². The van der Waals surface area contributed by atoms with Crippen LogP contribution in [0.5, 0.6) is 0 Å². The van der Waals surface area contributed by atoms with Gasteiger partial charge in [0.15, 0.2) is 0 Å². The van der Waals surface area contributed by atoms with Crippen LogP contribution < -0.4 is 39.6 Å². The summed E-state index contributed by atoms with van der Waals surface area (Å²) in [7, 11) is 0. The summed E-state index contributed by atoms with van der Waals surface area (Å²) < 4.78 is 5.62. The van der Waals surface area contributed by atoms with Crippen LogP contribution in [-0.2, 0) is 16.0 Å². The van der Waals surface area contributed by atoms with E-state index >= 15 is 0 Å². The van der Waals surface area contributed by atoms with Crippen molar-refractivity contribution in [1.82, 2.24) is 9.97 Å². The first-order valence-corrected chi connectivity index (χ1v) is 5.69. The molecule has 1 aliphatic heterocycles. The van der Waals surface area contributed by atoms with Crippen molar-refractivity contribution >= 4 is 24.0 Å². The maximum absolute atomic E-state index is 10.5. The predicted molar refractivity (Wildman–Crippen MR) is 61.2 cm³/mol. The Bertz CT molecular complexity index is 474. The third-order valence-corrected chi connectivity index (χ3v) is 2.65. The summed E-state index contributed by atoms with van der Waals surface area (Å²) in [6, 6.07) is 1.72. The topological polar surface area (TPSA) is 81.3 Å². The molecule has 0 unspecified atom stereocenters. The van der Waals surface area contributed by atoms with Gasteiger partial charge in [0.25, 0.3) is 0 Å². The molecule has 0 spiro atoms. The average Bonchev–Trinajstić information content (AvgIpc) is 2.28. The van der Waals surface area contributed by atoms with Crippen molar-refractivity contribution in [2.75, 3.05) is 31.2 Å². The molecule has 6 nitrogen and oxygen atoms in total. The maximum atomic E-state index is 10.5. The molecule has 0 radical (unpaired) electrons. The number of carboxylic acid groups (broad SMARTS) is 1. The number of aromatic nitrogens is 2. The van der Waals surface area contributed by atoms with E-state index in [0.29, 0.717) is 23.7 Å². The minimum Gasteiger partial charge on any atom is -0.550 e. The number of hydrogen-bond acceptors (Lipinski definition) is 6. The van der Waals surface area contributed by atoms with E-state index < -0.39 is 5.97 Å². The first kappa shape index (κ1) is 15.6. The zero-order chi connectivity index (χ0) is 12.3. The first-order valence-electron chi connectivity index (χ1n) is 5.28. The molecule has 1 aromatic heterocycles. The predicted octanol–water partition coefficient (Wildman–Crippen LogP) is -3.73. The Labute approximate surface area is 132 Å². The number of morpholine rings is 1. The molecule has 0 bridgehead atoms. The second-order valence-corrected chi connectivity index (χ2v) is 4.12. The van der Waals surface area contributed by atoms with Crippen LogP contribution in [-0.4, -0.2) is 42.2 Å². The molecular formula is C10H12N3NaO3S. The number of ether oxygens (including phenoxy) is 1. The van der Waals surface area contributed by atoms with E-state index in [0.717, 1.165) is 18.9 Å². The molecule has 0 atom stereocenters. The average molecular weight is 277 g/mol. The quantitative estimate of drug-likeness (QED) is 0.452. The van der Waals surface area contributed by atoms with Gasteiger partial charge in [-0.3, -0.25) is 0 Å². The van der Waals surface area contributed by atoms with Gasteiger partial charge in [-0.05, 0) is 0 Å². The summed E-state index contributed by atoms with van der Waals surface area (Å²) >= 11 is 5.01. The molecule has 18 heavy (non-hydrogen) atoms. The number of H-pyrrole nitrogens is 1. The number of anilines is 1. The van der Waals surface area contributed by atoms with Crippen LogP contribution in [0.1, 0.15) is 5.82 Å². The van der Waals surface area contributed by atoms with Crippen molar-refractivity contribution in [1.29, 1.82) is 0 Å². The fourth-order valence-corrected chi connectivity index (χ4v) is 1.91. The third-order valence-electron chi connectivity index (χ3n) is 2.44. The Morgan fingerprint density at radius 2 is 2.22 bits per heavy atom. The molecule has 92 valence electrons. The van der Waals surface area contributed by atoms with E-state index in [2.05, 4.69) is 14.9 Å². The van der Waals surface area contributed by atoms with E-state index in [1.807, 2.05) is 0 Å². The monoisotopic (exact) mass is 277 g/mol. The number of hydrogen-bond donors (Lipinski definition) is 1. The number of nitrogens with zero attached hydrogens (tertiary/aromatic N) is 2. The first-order chi connectivity index (χ1) is 8.15. The number of aromatic amines is 1. The fraction of sp³-hybridized carbons (Fsp3) is 0.500. The molecular weight excluding hydrogens is 265 g/mol. The summed E-state index contributed by atoms with van der Waals surface area (Å²) in [4.78, 5) is 19.5. The van der Waals surface area contributed by atoms with Crippen molar-refractivity contribution in [3.05, 3.63) is 16.5 Å². The van der Waals surface area contributed by atoms with Gasteiger partial charge in [0.05, 0.1) is 13.2 Å². The van der Waals surface area contributed by atoms with Crippen LogP contribution in [0.2, 0.25) is 0 Å². The van der Waals surface area contributed by atoms with Crippen molar-refractivity contribution in [3.63, 3.8) is 0 Å². The molecule has 1 aromatic rings. The van der Waals surface area contributed by atoms with Crippen LogP contribution in [0.4, 0.5) is 5.82 Å². The van der Waals surface area contributed by atoms with E-state index in [-0.39, 0.29) is 36.0 Å². The summed E-state index contributed by atoms with van der Waals surface area (Å²) in [5.74, 6) is -0.0779. The molecule has 8 heteroatoms. The summed E-state index contributed by atoms with van der Waals surface area (Å²) in [5.41, 5.74) is 0. The number of carbonyl (C=O) groups is 1. The van der Waals surface area contributed by atoms with Gasteiger partial charge >= 0.3 is 29.6 Å². The number of rotatable bonds is 3. The Morgan fingerprint density at radius 3 is 2.83 bits per heavy atom. The molecule has 2 rings (SSSR count). The maximum Gasteiger partial charge on any atom is 1.00 e. The fourth-order valence-electron chi connectivity index (χ4n) is 1.69. The van der Waals surface area contributed by atoms with Crippen molar-refractivity contribution in [3.8, 4) is 0 Å². The standard InChI is InChI=1S/C10H13N3O3S.Na/c14-10(15)5-7-11-8(6-9(17)12-7)13-1-3-16-4-2-13;/h6H,1-5H2,(H,14,15)(H,11,12,17);/q;+1/p-1. The minimum absolute atomic E-state index is 0. The van der Waals surface area contributed by atoms with Gasteiger partial charge in [-0.25, -0.2) is 4.98 Å². The number of aliphatic carboxylic acids is 1. The van der Waals surface area contributed by atoms with Crippen molar-refractivity contribution < 1.29 is 44.2 Å². The zero-order valence-electron chi connectivity index (χ0n) is 10.1. The molecule has 0 aliphatic carbocycles. The number of nitrogens with one attached hydrogen (secondary N) is 1. The molecule has 1 N–H and O–H groups in total.